The Balaban J connectivity index is 0.00000400. The zero-order chi connectivity index (χ0) is 14.8. The number of nitrogens with zero attached hydrogens (tertiary/aromatic N) is 1. The van der Waals surface area contributed by atoms with Crippen molar-refractivity contribution < 1.29 is 4.74 Å². The molecule has 2 N–H and O–H groups in total. The lowest BCUT2D eigenvalue weighted by atomic mass is 10.2. The number of hydrogen-bond donors (Lipinski definition) is 2. The highest BCUT2D eigenvalue weighted by molar-refractivity contribution is 14.0. The molecule has 1 aromatic rings. The van der Waals surface area contributed by atoms with Gasteiger partial charge in [0.2, 0.25) is 0 Å². The minimum atomic E-state index is 0. The van der Waals surface area contributed by atoms with E-state index in [1.165, 1.54) is 6.42 Å². The molecular weight excluding hydrogens is 377 g/mol. The third-order valence-corrected chi connectivity index (χ3v) is 3.03. The van der Waals surface area contributed by atoms with Crippen LogP contribution in [0, 0.1) is 6.92 Å². The van der Waals surface area contributed by atoms with Crippen molar-refractivity contribution in [3.05, 3.63) is 29.8 Å². The van der Waals surface area contributed by atoms with Gasteiger partial charge in [-0.25, -0.2) is 0 Å². The Morgan fingerprint density at radius 2 is 2.00 bits per heavy atom. The van der Waals surface area contributed by atoms with Crippen LogP contribution in [0.4, 0.5) is 0 Å². The van der Waals surface area contributed by atoms with Gasteiger partial charge in [0, 0.05) is 13.6 Å². The molecule has 0 radical (unpaired) electrons. The number of halogens is 1. The lowest BCUT2D eigenvalue weighted by Crippen LogP contribution is -2.42. The lowest BCUT2D eigenvalue weighted by molar-refractivity contribution is 0.222. The molecule has 1 rings (SSSR count). The van der Waals surface area contributed by atoms with E-state index in [2.05, 4.69) is 42.5 Å². The van der Waals surface area contributed by atoms with Crippen LogP contribution in [0.1, 0.15) is 32.3 Å². The lowest BCUT2D eigenvalue weighted by Gasteiger charge is -2.18. The maximum Gasteiger partial charge on any atom is 0.191 e. The second-order valence-electron chi connectivity index (χ2n) is 4.93. The van der Waals surface area contributed by atoms with Crippen molar-refractivity contribution in [3.63, 3.8) is 0 Å². The Bertz CT molecular complexity index is 424. The zero-order valence-corrected chi connectivity index (χ0v) is 15.8. The number of nitrogens with one attached hydrogen (secondary N) is 2. The number of aliphatic imine (C=N–C) groups is 1. The molecule has 1 aromatic carbocycles. The average Bonchev–Trinajstić information content (AvgIpc) is 2.45. The van der Waals surface area contributed by atoms with Gasteiger partial charge in [0.05, 0.1) is 6.54 Å². The second kappa shape index (κ2) is 11.7. The van der Waals surface area contributed by atoms with Crippen molar-refractivity contribution in [2.45, 2.75) is 39.7 Å². The van der Waals surface area contributed by atoms with E-state index < -0.39 is 0 Å². The summed E-state index contributed by atoms with van der Waals surface area (Å²) in [5.41, 5.74) is 1.16. The fourth-order valence-electron chi connectivity index (χ4n) is 1.79. The predicted octanol–water partition coefficient (Wildman–Crippen LogP) is 3.35. The first-order valence-corrected chi connectivity index (χ1v) is 7.34. The number of ether oxygens (including phenoxy) is 1. The summed E-state index contributed by atoms with van der Waals surface area (Å²) >= 11 is 0. The van der Waals surface area contributed by atoms with Crippen molar-refractivity contribution in [1.29, 1.82) is 0 Å². The normalized spacial score (nSPS) is 12.3. The Morgan fingerprint density at radius 1 is 1.29 bits per heavy atom. The van der Waals surface area contributed by atoms with E-state index in [-0.39, 0.29) is 30.1 Å². The Labute approximate surface area is 145 Å². The molecule has 0 bridgehead atoms. The zero-order valence-electron chi connectivity index (χ0n) is 13.5. The molecule has 0 amide bonds. The summed E-state index contributed by atoms with van der Waals surface area (Å²) in [4.78, 5) is 4.20. The second-order valence-corrected chi connectivity index (χ2v) is 4.93. The van der Waals surface area contributed by atoms with Gasteiger partial charge in [-0.1, -0.05) is 31.5 Å². The van der Waals surface area contributed by atoms with Gasteiger partial charge in [-0.2, -0.15) is 0 Å². The van der Waals surface area contributed by atoms with Crippen molar-refractivity contribution in [1.82, 2.24) is 10.6 Å². The van der Waals surface area contributed by atoms with Gasteiger partial charge >= 0.3 is 0 Å². The smallest absolute Gasteiger partial charge is 0.191 e. The third kappa shape index (κ3) is 8.14. The van der Waals surface area contributed by atoms with Crippen LogP contribution in [0.25, 0.3) is 0 Å². The fraction of sp³-hybridized carbons (Fsp3) is 0.562. The van der Waals surface area contributed by atoms with Crippen molar-refractivity contribution in [2.75, 3.05) is 20.1 Å². The SMILES string of the molecule is CCCCNC(=NC)NCC(C)Oc1ccccc1C.I. The predicted molar refractivity (Wildman–Crippen MR) is 101 cm³/mol. The van der Waals surface area contributed by atoms with Crippen LogP contribution in [0.2, 0.25) is 0 Å². The van der Waals surface area contributed by atoms with E-state index >= 15 is 0 Å². The first-order valence-electron chi connectivity index (χ1n) is 7.34. The van der Waals surface area contributed by atoms with Gasteiger partial charge < -0.3 is 15.4 Å². The Hall–Kier alpha value is -0.980. The van der Waals surface area contributed by atoms with Crippen LogP contribution in [0.3, 0.4) is 0 Å². The standard InChI is InChI=1S/C16H27N3O.HI/c1-5-6-11-18-16(17-4)19-12-14(3)20-15-10-8-7-9-13(15)2;/h7-10,14H,5-6,11-12H2,1-4H3,(H2,17,18,19);1H. The van der Waals surface area contributed by atoms with E-state index in [1.807, 2.05) is 18.2 Å². The highest BCUT2D eigenvalue weighted by Crippen LogP contribution is 2.17. The maximum absolute atomic E-state index is 5.92. The maximum atomic E-state index is 5.92. The van der Waals surface area contributed by atoms with Gasteiger partial charge in [0.15, 0.2) is 5.96 Å². The van der Waals surface area contributed by atoms with Crippen LogP contribution in [0.15, 0.2) is 29.3 Å². The van der Waals surface area contributed by atoms with Gasteiger partial charge in [-0.15, -0.1) is 24.0 Å². The van der Waals surface area contributed by atoms with E-state index in [4.69, 9.17) is 4.74 Å². The Kier molecular flexibility index (Phi) is 11.1. The number of aryl methyl sites for hydroxylation is 1. The molecule has 120 valence electrons. The third-order valence-electron chi connectivity index (χ3n) is 3.03. The van der Waals surface area contributed by atoms with E-state index in [9.17, 15) is 0 Å². The molecule has 0 aliphatic carbocycles. The molecule has 1 unspecified atom stereocenters. The minimum Gasteiger partial charge on any atom is -0.489 e. The molecule has 0 fully saturated rings. The van der Waals surface area contributed by atoms with E-state index in [1.54, 1.807) is 7.05 Å². The molecule has 0 saturated heterocycles. The molecule has 0 aliphatic rings. The summed E-state index contributed by atoms with van der Waals surface area (Å²) in [6.07, 6.45) is 2.41. The molecular formula is C16H28IN3O. The molecule has 4 nitrogen and oxygen atoms in total. The van der Waals surface area contributed by atoms with Crippen molar-refractivity contribution >= 4 is 29.9 Å². The molecule has 0 aliphatic heterocycles. The number of unbranched alkanes of at least 4 members (excludes halogenated alkanes) is 1. The van der Waals surface area contributed by atoms with Crippen LogP contribution < -0.4 is 15.4 Å². The van der Waals surface area contributed by atoms with Gasteiger partial charge in [0.25, 0.3) is 0 Å². The first-order chi connectivity index (χ1) is 9.67. The summed E-state index contributed by atoms with van der Waals surface area (Å²) < 4.78 is 5.92. The van der Waals surface area contributed by atoms with Crippen LogP contribution in [-0.2, 0) is 0 Å². The van der Waals surface area contributed by atoms with Crippen molar-refractivity contribution in [2.24, 2.45) is 4.99 Å². The molecule has 21 heavy (non-hydrogen) atoms. The monoisotopic (exact) mass is 405 g/mol. The molecule has 1 atom stereocenters. The average molecular weight is 405 g/mol. The molecule has 5 heteroatoms. The van der Waals surface area contributed by atoms with Crippen LogP contribution in [-0.4, -0.2) is 32.2 Å². The number of guanidine groups is 1. The number of hydrogen-bond acceptors (Lipinski definition) is 2. The summed E-state index contributed by atoms with van der Waals surface area (Å²) in [5.74, 6) is 1.77. The van der Waals surface area contributed by atoms with E-state index in [0.717, 1.165) is 36.8 Å². The Morgan fingerprint density at radius 3 is 2.62 bits per heavy atom. The van der Waals surface area contributed by atoms with Gasteiger partial charge in [0.1, 0.15) is 11.9 Å². The topological polar surface area (TPSA) is 45.7 Å². The molecule has 0 spiro atoms. The number of benzene rings is 1. The molecule has 0 heterocycles. The van der Waals surface area contributed by atoms with Crippen LogP contribution in [0.5, 0.6) is 5.75 Å². The summed E-state index contributed by atoms with van der Waals surface area (Å²) in [6, 6.07) is 8.07. The fourth-order valence-corrected chi connectivity index (χ4v) is 1.79. The summed E-state index contributed by atoms with van der Waals surface area (Å²) in [7, 11) is 1.79. The quantitative estimate of drug-likeness (QED) is 0.317. The summed E-state index contributed by atoms with van der Waals surface area (Å²) in [6.45, 7) is 7.96. The highest BCUT2D eigenvalue weighted by Gasteiger charge is 2.06. The minimum absolute atomic E-state index is 0. The molecule has 0 saturated carbocycles. The van der Waals surface area contributed by atoms with Crippen molar-refractivity contribution in [3.8, 4) is 5.75 Å². The molecule has 0 aromatic heterocycles. The van der Waals surface area contributed by atoms with Gasteiger partial charge in [-0.3, -0.25) is 4.99 Å². The van der Waals surface area contributed by atoms with Crippen LogP contribution >= 0.6 is 24.0 Å². The highest BCUT2D eigenvalue weighted by atomic mass is 127. The summed E-state index contributed by atoms with van der Waals surface area (Å²) in [5, 5.41) is 6.57. The van der Waals surface area contributed by atoms with Gasteiger partial charge in [-0.05, 0) is 31.9 Å². The van der Waals surface area contributed by atoms with E-state index in [0.29, 0.717) is 0 Å². The first kappa shape index (κ1) is 20.0. The largest absolute Gasteiger partial charge is 0.489 e. The number of para-hydroxylation sites is 1. The number of rotatable bonds is 7.